The van der Waals surface area contributed by atoms with Crippen LogP contribution in [0.2, 0.25) is 0 Å². The second-order valence-corrected chi connectivity index (χ2v) is 12.5. The summed E-state index contributed by atoms with van der Waals surface area (Å²) < 4.78 is 5.32. The van der Waals surface area contributed by atoms with Gasteiger partial charge in [0.15, 0.2) is 0 Å². The zero-order chi connectivity index (χ0) is 30.7. The highest BCUT2D eigenvalue weighted by atomic mass is 16.5. The van der Waals surface area contributed by atoms with Gasteiger partial charge in [-0.25, -0.2) is 4.79 Å². The first-order valence-electron chi connectivity index (χ1n) is 13.6. The molecule has 2 atom stereocenters. The molecular weight excluding hydrogens is 514 g/mol. The molecule has 11 nitrogen and oxygen atoms in total. The molecule has 0 saturated heterocycles. The number of anilines is 1. The van der Waals surface area contributed by atoms with Crippen LogP contribution in [-0.4, -0.2) is 48.4 Å². The van der Waals surface area contributed by atoms with Gasteiger partial charge >= 0.3 is 12.0 Å². The van der Waals surface area contributed by atoms with Crippen molar-refractivity contribution in [1.82, 2.24) is 16.0 Å². The van der Waals surface area contributed by atoms with Crippen molar-refractivity contribution in [2.75, 3.05) is 11.9 Å². The highest BCUT2D eigenvalue weighted by Gasteiger charge is 2.30. The van der Waals surface area contributed by atoms with Gasteiger partial charge in [0.05, 0.1) is 5.41 Å². The Morgan fingerprint density at radius 2 is 1.50 bits per heavy atom. The maximum atomic E-state index is 13.2. The molecular formula is C29H47N5O6. The Hall–Kier alpha value is -3.63. The fourth-order valence-electron chi connectivity index (χ4n) is 3.57. The van der Waals surface area contributed by atoms with Gasteiger partial charge in [0, 0.05) is 18.7 Å². The molecule has 1 aromatic rings. The highest BCUT2D eigenvalue weighted by Crippen LogP contribution is 2.19. The van der Waals surface area contributed by atoms with Crippen LogP contribution in [0.1, 0.15) is 80.2 Å². The van der Waals surface area contributed by atoms with Gasteiger partial charge in [-0.2, -0.15) is 0 Å². The molecule has 0 fully saturated rings. The Balaban J connectivity index is 2.94. The number of hydrogen-bond donors (Lipinski definition) is 5. The van der Waals surface area contributed by atoms with E-state index in [-0.39, 0.29) is 49.2 Å². The number of carbonyl (C=O) groups is 5. The van der Waals surface area contributed by atoms with E-state index in [1.54, 1.807) is 45.0 Å². The van der Waals surface area contributed by atoms with Gasteiger partial charge in [-0.3, -0.25) is 19.2 Å². The van der Waals surface area contributed by atoms with Crippen molar-refractivity contribution in [2.24, 2.45) is 22.5 Å². The standard InChI is InChI=1S/C29H47N5O6/c1-18(2)23(34-22(35)16-28(3,4)5)25(37)33-21(10-9-15-31-27(30)39)24(36)32-20-13-11-19(12-14-20)17-40-26(38)29(6,7)8/h11-14,18,21,23H,9-10,15-17H2,1-8H3,(H,32,36)(H,33,37)(H,34,35)(H3,30,31,39)/t21-,23-/m0/s1. The predicted octanol–water partition coefficient (Wildman–Crippen LogP) is 3.22. The Labute approximate surface area is 237 Å². The molecule has 40 heavy (non-hydrogen) atoms. The van der Waals surface area contributed by atoms with Gasteiger partial charge < -0.3 is 31.7 Å². The van der Waals surface area contributed by atoms with E-state index in [0.29, 0.717) is 12.1 Å². The van der Waals surface area contributed by atoms with Gasteiger partial charge in [0.25, 0.3) is 0 Å². The first-order chi connectivity index (χ1) is 18.4. The number of ether oxygens (including phenoxy) is 1. The third-order valence-corrected chi connectivity index (χ3v) is 5.76. The molecule has 1 rings (SSSR count). The van der Waals surface area contributed by atoms with Gasteiger partial charge in [-0.05, 0) is 62.6 Å². The van der Waals surface area contributed by atoms with E-state index in [4.69, 9.17) is 10.5 Å². The molecule has 11 heteroatoms. The summed E-state index contributed by atoms with van der Waals surface area (Å²) in [6.07, 6.45) is 0.846. The summed E-state index contributed by atoms with van der Waals surface area (Å²) in [5.41, 5.74) is 5.51. The van der Waals surface area contributed by atoms with Crippen LogP contribution in [0.25, 0.3) is 0 Å². The van der Waals surface area contributed by atoms with Gasteiger partial charge in [-0.15, -0.1) is 0 Å². The Morgan fingerprint density at radius 3 is 2.00 bits per heavy atom. The topological polar surface area (TPSA) is 169 Å². The SMILES string of the molecule is CC(C)[C@H](NC(=O)CC(C)(C)C)C(=O)N[C@@H](CCCNC(N)=O)C(=O)Nc1ccc(COC(=O)C(C)(C)C)cc1. The lowest BCUT2D eigenvalue weighted by molar-refractivity contribution is -0.154. The van der Waals surface area contributed by atoms with Gasteiger partial charge in [-0.1, -0.05) is 46.8 Å². The fourth-order valence-corrected chi connectivity index (χ4v) is 3.57. The van der Waals surface area contributed by atoms with Crippen LogP contribution in [0, 0.1) is 16.7 Å². The minimum absolute atomic E-state index is 0.105. The van der Waals surface area contributed by atoms with Crippen LogP contribution in [0.4, 0.5) is 10.5 Å². The van der Waals surface area contributed by atoms with Crippen molar-refractivity contribution in [2.45, 2.75) is 93.3 Å². The van der Waals surface area contributed by atoms with Crippen LogP contribution < -0.4 is 27.0 Å². The van der Waals surface area contributed by atoms with Crippen molar-refractivity contribution >= 4 is 35.4 Å². The van der Waals surface area contributed by atoms with Crippen molar-refractivity contribution in [3.63, 3.8) is 0 Å². The Bertz CT molecular complexity index is 1020. The average molecular weight is 562 g/mol. The van der Waals surface area contributed by atoms with E-state index in [1.807, 2.05) is 34.6 Å². The number of esters is 1. The molecule has 0 aromatic heterocycles. The maximum absolute atomic E-state index is 13.2. The molecule has 0 saturated carbocycles. The summed E-state index contributed by atoms with van der Waals surface area (Å²) >= 11 is 0. The molecule has 0 aliphatic carbocycles. The van der Waals surface area contributed by atoms with Crippen LogP contribution >= 0.6 is 0 Å². The predicted molar refractivity (Wildman–Crippen MR) is 154 cm³/mol. The van der Waals surface area contributed by atoms with E-state index in [9.17, 15) is 24.0 Å². The zero-order valence-electron chi connectivity index (χ0n) is 25.1. The fraction of sp³-hybridized carbons (Fsp3) is 0.621. The third-order valence-electron chi connectivity index (χ3n) is 5.76. The van der Waals surface area contributed by atoms with Crippen LogP contribution in [0.15, 0.2) is 24.3 Å². The number of nitrogens with one attached hydrogen (secondary N) is 4. The zero-order valence-corrected chi connectivity index (χ0v) is 25.1. The number of primary amides is 1. The second-order valence-electron chi connectivity index (χ2n) is 12.5. The van der Waals surface area contributed by atoms with Crippen molar-refractivity contribution in [3.8, 4) is 0 Å². The largest absolute Gasteiger partial charge is 0.460 e. The van der Waals surface area contributed by atoms with Crippen LogP contribution in [0.5, 0.6) is 0 Å². The number of carbonyl (C=O) groups excluding carboxylic acids is 5. The molecule has 1 aromatic carbocycles. The van der Waals surface area contributed by atoms with Crippen molar-refractivity contribution < 1.29 is 28.7 Å². The molecule has 0 bridgehead atoms. The minimum Gasteiger partial charge on any atom is -0.460 e. The lowest BCUT2D eigenvalue weighted by atomic mass is 9.91. The van der Waals surface area contributed by atoms with E-state index >= 15 is 0 Å². The third kappa shape index (κ3) is 13.4. The first kappa shape index (κ1) is 34.4. The number of amides is 5. The Morgan fingerprint density at radius 1 is 0.900 bits per heavy atom. The summed E-state index contributed by atoms with van der Waals surface area (Å²) in [5.74, 6) is -1.71. The summed E-state index contributed by atoms with van der Waals surface area (Å²) in [6.45, 7) is 15.1. The first-order valence-corrected chi connectivity index (χ1v) is 13.6. The number of urea groups is 1. The highest BCUT2D eigenvalue weighted by molar-refractivity contribution is 5.98. The number of nitrogens with two attached hydrogens (primary N) is 1. The van der Waals surface area contributed by atoms with Crippen molar-refractivity contribution in [1.29, 1.82) is 0 Å². The van der Waals surface area contributed by atoms with E-state index in [0.717, 1.165) is 5.56 Å². The summed E-state index contributed by atoms with van der Waals surface area (Å²) in [6, 6.07) is 4.37. The number of hydrogen-bond acceptors (Lipinski definition) is 6. The maximum Gasteiger partial charge on any atom is 0.312 e. The monoisotopic (exact) mass is 561 g/mol. The minimum atomic E-state index is -0.935. The molecule has 0 heterocycles. The molecule has 5 amide bonds. The summed E-state index contributed by atoms with van der Waals surface area (Å²) in [4.78, 5) is 61.9. The number of rotatable bonds is 13. The van der Waals surface area contributed by atoms with Crippen LogP contribution in [-0.2, 0) is 30.5 Å². The summed E-state index contributed by atoms with van der Waals surface area (Å²) in [7, 11) is 0. The second kappa shape index (κ2) is 15.2. The summed E-state index contributed by atoms with van der Waals surface area (Å²) in [5, 5.41) is 10.8. The quantitative estimate of drug-likeness (QED) is 0.183. The van der Waals surface area contributed by atoms with Crippen molar-refractivity contribution in [3.05, 3.63) is 29.8 Å². The molecule has 0 aliphatic rings. The molecule has 6 N–H and O–H groups in total. The Kier molecular flexibility index (Phi) is 13.1. The molecule has 0 radical (unpaired) electrons. The van der Waals surface area contributed by atoms with Gasteiger partial charge in [0.2, 0.25) is 17.7 Å². The molecule has 0 aliphatic heterocycles. The van der Waals surface area contributed by atoms with Crippen LogP contribution in [0.3, 0.4) is 0 Å². The average Bonchev–Trinajstić information content (AvgIpc) is 2.81. The molecule has 0 unspecified atom stereocenters. The van der Waals surface area contributed by atoms with Gasteiger partial charge in [0.1, 0.15) is 18.7 Å². The normalized spacial score (nSPS) is 13.1. The molecule has 224 valence electrons. The smallest absolute Gasteiger partial charge is 0.312 e. The molecule has 0 spiro atoms. The van der Waals surface area contributed by atoms with E-state index in [1.165, 1.54) is 0 Å². The lowest BCUT2D eigenvalue weighted by Crippen LogP contribution is -2.54. The number of benzene rings is 1. The van der Waals surface area contributed by atoms with E-state index in [2.05, 4.69) is 21.3 Å². The van der Waals surface area contributed by atoms with E-state index < -0.39 is 35.3 Å². The lowest BCUT2D eigenvalue weighted by Gasteiger charge is -2.27.